The van der Waals surface area contributed by atoms with Crippen molar-refractivity contribution in [2.24, 2.45) is 0 Å². The van der Waals surface area contributed by atoms with E-state index in [1.54, 1.807) is 11.8 Å². The maximum absolute atomic E-state index is 4.38. The molecule has 0 unspecified atom stereocenters. The molecule has 0 spiro atoms. The van der Waals surface area contributed by atoms with Gasteiger partial charge in [0, 0.05) is 21.5 Å². The Hall–Kier alpha value is -0.430. The molecule has 1 heterocycles. The van der Waals surface area contributed by atoms with E-state index >= 15 is 0 Å². The highest BCUT2D eigenvalue weighted by atomic mass is 79.9. The molecular weight excluding hydrogens is 354 g/mol. The van der Waals surface area contributed by atoms with Crippen LogP contribution < -0.4 is 5.32 Å². The van der Waals surface area contributed by atoms with Crippen LogP contribution in [0.1, 0.15) is 32.2 Å². The third-order valence-corrected chi connectivity index (χ3v) is 5.36. The molecule has 0 fully saturated rings. The molecule has 0 saturated heterocycles. The van der Waals surface area contributed by atoms with Gasteiger partial charge in [0.2, 0.25) is 0 Å². The van der Waals surface area contributed by atoms with E-state index in [0.29, 0.717) is 0 Å². The first-order valence-corrected chi connectivity index (χ1v) is 8.73. The smallest absolute Gasteiger partial charge is 0.174 e. The lowest BCUT2D eigenvalue weighted by Crippen LogP contribution is -2.35. The van der Waals surface area contributed by atoms with Gasteiger partial charge in [0.25, 0.3) is 0 Å². The number of nitrogens with zero attached hydrogens (tertiary/aromatic N) is 2. The third-order valence-electron chi connectivity index (χ3n) is 2.53. The summed E-state index contributed by atoms with van der Waals surface area (Å²) in [5.41, 5.74) is 1.40. The number of aryl methyl sites for hydroxylation is 1. The molecule has 0 atom stereocenters. The van der Waals surface area contributed by atoms with E-state index < -0.39 is 0 Å². The lowest BCUT2D eigenvalue weighted by Gasteiger charge is -2.20. The topological polar surface area (TPSA) is 37.8 Å². The van der Waals surface area contributed by atoms with Crippen LogP contribution in [-0.4, -0.2) is 14.9 Å². The Morgan fingerprint density at radius 2 is 2.10 bits per heavy atom. The van der Waals surface area contributed by atoms with E-state index in [1.807, 2.05) is 6.92 Å². The predicted molar refractivity (Wildman–Crippen MR) is 89.5 cm³/mol. The van der Waals surface area contributed by atoms with Crippen LogP contribution in [0, 0.1) is 6.92 Å². The van der Waals surface area contributed by atoms with Crippen molar-refractivity contribution in [3.05, 3.63) is 34.1 Å². The van der Waals surface area contributed by atoms with Gasteiger partial charge in [-0.3, -0.25) is 0 Å². The van der Waals surface area contributed by atoms with Crippen LogP contribution in [0.2, 0.25) is 0 Å². The minimum Gasteiger partial charge on any atom is -0.308 e. The van der Waals surface area contributed by atoms with Gasteiger partial charge < -0.3 is 5.32 Å². The molecule has 1 aromatic carbocycles. The molecule has 2 aromatic rings. The van der Waals surface area contributed by atoms with Gasteiger partial charge in [-0.05, 0) is 72.9 Å². The van der Waals surface area contributed by atoms with E-state index in [-0.39, 0.29) is 5.54 Å². The molecule has 0 aliphatic heterocycles. The van der Waals surface area contributed by atoms with Crippen molar-refractivity contribution in [2.75, 3.05) is 0 Å². The zero-order valence-corrected chi connectivity index (χ0v) is 15.2. The molecule has 0 bridgehead atoms. The fourth-order valence-electron chi connectivity index (χ4n) is 1.52. The first-order valence-electron chi connectivity index (χ1n) is 6.35. The Morgan fingerprint density at radius 1 is 1.35 bits per heavy atom. The number of aromatic nitrogens is 2. The van der Waals surface area contributed by atoms with Gasteiger partial charge in [0.05, 0.1) is 0 Å². The maximum atomic E-state index is 4.38. The number of halogens is 1. The Balaban J connectivity index is 2.06. The van der Waals surface area contributed by atoms with Gasteiger partial charge >= 0.3 is 0 Å². The van der Waals surface area contributed by atoms with Crippen LogP contribution in [0.15, 0.2) is 31.9 Å². The molecular formula is C14H18BrN3S2. The van der Waals surface area contributed by atoms with E-state index in [1.165, 1.54) is 22.0 Å². The summed E-state index contributed by atoms with van der Waals surface area (Å²) in [4.78, 5) is 5.54. The monoisotopic (exact) mass is 371 g/mol. The summed E-state index contributed by atoms with van der Waals surface area (Å²) in [5, 5.41) is 3.49. The summed E-state index contributed by atoms with van der Waals surface area (Å²) >= 11 is 6.72. The van der Waals surface area contributed by atoms with Crippen molar-refractivity contribution in [2.45, 2.75) is 49.0 Å². The minimum absolute atomic E-state index is 0.129. The quantitative estimate of drug-likeness (QED) is 0.848. The summed E-state index contributed by atoms with van der Waals surface area (Å²) < 4.78 is 6.28. The van der Waals surface area contributed by atoms with Gasteiger partial charge in [0.15, 0.2) is 4.34 Å². The molecule has 0 radical (unpaired) electrons. The van der Waals surface area contributed by atoms with Crippen molar-refractivity contribution in [3.63, 3.8) is 0 Å². The standard InChI is InChI=1S/C14H18BrN3S2/c1-9-17-13(20-18-9)19-12-6-5-10(7-11(12)15)8-16-14(2,3)4/h5-7,16H,8H2,1-4H3. The summed E-state index contributed by atoms with van der Waals surface area (Å²) in [6.07, 6.45) is 0. The molecule has 0 aliphatic carbocycles. The highest BCUT2D eigenvalue weighted by Crippen LogP contribution is 2.34. The molecule has 0 saturated carbocycles. The third kappa shape index (κ3) is 4.84. The molecule has 108 valence electrons. The number of hydrogen-bond acceptors (Lipinski definition) is 5. The first-order chi connectivity index (χ1) is 9.33. The lowest BCUT2D eigenvalue weighted by atomic mass is 10.1. The molecule has 0 aliphatic rings. The number of benzene rings is 1. The van der Waals surface area contributed by atoms with Gasteiger partial charge in [-0.1, -0.05) is 17.8 Å². The van der Waals surface area contributed by atoms with Crippen molar-refractivity contribution in [3.8, 4) is 0 Å². The maximum Gasteiger partial charge on any atom is 0.174 e. The summed E-state index contributed by atoms with van der Waals surface area (Å²) in [6, 6.07) is 6.44. The zero-order chi connectivity index (χ0) is 14.8. The highest BCUT2D eigenvalue weighted by Gasteiger charge is 2.10. The predicted octanol–water partition coefficient (Wildman–Crippen LogP) is 4.65. The van der Waals surface area contributed by atoms with E-state index in [9.17, 15) is 0 Å². The molecule has 3 nitrogen and oxygen atoms in total. The second kappa shape index (κ2) is 6.56. The molecule has 6 heteroatoms. The van der Waals surface area contributed by atoms with Gasteiger partial charge in [-0.15, -0.1) is 0 Å². The van der Waals surface area contributed by atoms with Crippen LogP contribution in [-0.2, 0) is 6.54 Å². The Labute approximate surface area is 136 Å². The Kier molecular flexibility index (Phi) is 5.23. The van der Waals surface area contributed by atoms with Crippen LogP contribution >= 0.6 is 39.2 Å². The largest absolute Gasteiger partial charge is 0.308 e. The van der Waals surface area contributed by atoms with Crippen LogP contribution in [0.5, 0.6) is 0 Å². The van der Waals surface area contributed by atoms with Crippen molar-refractivity contribution >= 4 is 39.2 Å². The molecule has 1 N–H and O–H groups in total. The summed E-state index contributed by atoms with van der Waals surface area (Å²) in [7, 11) is 0. The average molecular weight is 372 g/mol. The SMILES string of the molecule is Cc1nsc(Sc2ccc(CNC(C)(C)C)cc2Br)n1. The zero-order valence-electron chi connectivity index (χ0n) is 12.0. The second-order valence-corrected chi connectivity index (χ2v) is 8.47. The normalized spacial score (nSPS) is 11.8. The van der Waals surface area contributed by atoms with E-state index in [0.717, 1.165) is 21.2 Å². The second-order valence-electron chi connectivity index (χ2n) is 5.58. The summed E-state index contributed by atoms with van der Waals surface area (Å²) in [6.45, 7) is 9.29. The van der Waals surface area contributed by atoms with Crippen molar-refractivity contribution < 1.29 is 0 Å². The molecule has 20 heavy (non-hydrogen) atoms. The van der Waals surface area contributed by atoms with Crippen molar-refractivity contribution in [1.82, 2.24) is 14.7 Å². The number of rotatable bonds is 4. The lowest BCUT2D eigenvalue weighted by molar-refractivity contribution is 0.424. The molecule has 1 aromatic heterocycles. The summed E-state index contributed by atoms with van der Waals surface area (Å²) in [5.74, 6) is 0.833. The number of hydrogen-bond donors (Lipinski definition) is 1. The van der Waals surface area contributed by atoms with E-state index in [2.05, 4.69) is 69.6 Å². The average Bonchev–Trinajstić information content (AvgIpc) is 2.74. The van der Waals surface area contributed by atoms with Crippen LogP contribution in [0.4, 0.5) is 0 Å². The first kappa shape index (κ1) is 15.9. The fraction of sp³-hybridized carbons (Fsp3) is 0.429. The van der Waals surface area contributed by atoms with Gasteiger partial charge in [-0.2, -0.15) is 4.37 Å². The van der Waals surface area contributed by atoms with E-state index in [4.69, 9.17) is 0 Å². The fourth-order valence-corrected chi connectivity index (χ4v) is 3.80. The van der Waals surface area contributed by atoms with Crippen molar-refractivity contribution in [1.29, 1.82) is 0 Å². The Bertz CT molecular complexity index is 590. The van der Waals surface area contributed by atoms with Crippen LogP contribution in [0.3, 0.4) is 0 Å². The number of nitrogens with one attached hydrogen (secondary N) is 1. The molecule has 0 amide bonds. The highest BCUT2D eigenvalue weighted by molar-refractivity contribution is 9.10. The van der Waals surface area contributed by atoms with Gasteiger partial charge in [0.1, 0.15) is 5.82 Å². The Morgan fingerprint density at radius 3 is 2.65 bits per heavy atom. The van der Waals surface area contributed by atoms with Gasteiger partial charge in [-0.25, -0.2) is 4.98 Å². The minimum atomic E-state index is 0.129. The molecule has 2 rings (SSSR count). The van der Waals surface area contributed by atoms with Crippen LogP contribution in [0.25, 0.3) is 0 Å².